The number of Topliss-reactive ketones (excluding diaryl/α,β-unsaturated/α-hetero) is 4. The van der Waals surface area contributed by atoms with E-state index in [4.69, 9.17) is 49.1 Å². The number of thioether (sulfide) groups is 1. The molecule has 506 valence electrons. The number of hydrogen-bond acceptors (Lipinski definition) is 20. The van der Waals surface area contributed by atoms with Crippen molar-refractivity contribution in [2.24, 2.45) is 41.2 Å². The molecular weight excluding hydrogens is 1190 g/mol. The molecule has 3 heterocycles. The summed E-state index contributed by atoms with van der Waals surface area (Å²) in [4.78, 5) is 133. The number of esters is 2. The fraction of sp³-hybridized carbons (Fsp3) is 0.727. The van der Waals surface area contributed by atoms with Gasteiger partial charge in [0.05, 0.1) is 49.2 Å². The van der Waals surface area contributed by atoms with Crippen molar-refractivity contribution < 1.29 is 96.4 Å². The number of carbonyl (C=O) groups excluding carboxylic acids is 8. The zero-order valence-corrected chi connectivity index (χ0v) is 55.2. The molecular formula is C66H101N3O20S. The van der Waals surface area contributed by atoms with Crippen LogP contribution in [0.5, 0.6) is 0 Å². The third-order valence-corrected chi connectivity index (χ3v) is 18.8. The summed E-state index contributed by atoms with van der Waals surface area (Å²) in [6, 6.07) is -3.53. The summed E-state index contributed by atoms with van der Waals surface area (Å²) in [7, 11) is 4.54. The van der Waals surface area contributed by atoms with E-state index in [-0.39, 0.29) is 117 Å². The normalized spacial score (nSPS) is 32.1. The minimum atomic E-state index is -1.36. The summed E-state index contributed by atoms with van der Waals surface area (Å²) in [5.74, 6) is -9.47. The van der Waals surface area contributed by atoms with Crippen LogP contribution < -0.4 is 11.1 Å². The van der Waals surface area contributed by atoms with Crippen molar-refractivity contribution >= 4 is 70.6 Å². The molecule has 0 aromatic carbocycles. The molecule has 0 aromatic rings. The molecule has 17 atom stereocenters. The Balaban J connectivity index is 1.49. The van der Waals surface area contributed by atoms with Crippen molar-refractivity contribution in [3.63, 3.8) is 0 Å². The third-order valence-electron chi connectivity index (χ3n) is 17.8. The van der Waals surface area contributed by atoms with E-state index in [1.165, 1.54) is 12.0 Å². The standard InChI is InChI=1S/C66H101N3O20S/c1-38-16-12-11-13-17-39(2)53(83-8)34-46-21-19-40(3)62(88-46)61(78)64(79)69-27-15-14-18-49(69)66(82)89-54(35-51(71)41(4)31-44(7)60(77)63(85-10)59(76)43(6)30-38)42(5)32-45-20-24-52(55(33-45)84-9)86-28-29-87-58(75)37-90-36-48(50(70)23-26-57(73)74)68-56(72)25-22-47(67)65(80)81/h11-13,16-17,31,38,40-43,45-49,52-55,60,62-63,77H,14-15,18-30,32-37,67H2,1-10H3,(H,68,72)(H,73,74)(H,80,81)/b13-11+,16-12-,39-17+,44-31+/t38-,40+,41+,42+,43+,45-,46+,47-,48-,49-,52+,53-,54?,55+,60+,62+,63-/m0/s1. The molecule has 0 aromatic heterocycles. The monoisotopic (exact) mass is 1290 g/mol. The molecule has 23 nitrogen and oxygen atoms in total. The predicted octanol–water partition coefficient (Wildman–Crippen LogP) is 6.27. The minimum Gasteiger partial charge on any atom is -0.481 e. The van der Waals surface area contributed by atoms with Gasteiger partial charge in [-0.2, -0.15) is 0 Å². The van der Waals surface area contributed by atoms with Gasteiger partial charge in [-0.1, -0.05) is 71.1 Å². The molecule has 3 aliphatic heterocycles. The first kappa shape index (κ1) is 77.0. The lowest BCUT2D eigenvalue weighted by Crippen LogP contribution is -2.55. The van der Waals surface area contributed by atoms with Crippen LogP contribution in [0.25, 0.3) is 0 Å². The van der Waals surface area contributed by atoms with E-state index in [0.29, 0.717) is 69.8 Å². The number of rotatable bonds is 23. The second-order valence-corrected chi connectivity index (χ2v) is 26.0. The van der Waals surface area contributed by atoms with Crippen molar-refractivity contribution in [2.45, 2.75) is 218 Å². The smallest absolute Gasteiger partial charge is 0.329 e. The summed E-state index contributed by atoms with van der Waals surface area (Å²) in [5, 5.41) is 32.2. The lowest BCUT2D eigenvalue weighted by atomic mass is 9.78. The van der Waals surface area contributed by atoms with Gasteiger partial charge in [-0.15, -0.1) is 11.8 Å². The number of hydrogen-bond donors (Lipinski definition) is 5. The fourth-order valence-electron chi connectivity index (χ4n) is 12.2. The summed E-state index contributed by atoms with van der Waals surface area (Å²) < 4.78 is 41.8. The molecule has 24 heteroatoms. The number of carboxylic acid groups (broad SMARTS) is 2. The lowest BCUT2D eigenvalue weighted by Gasteiger charge is -2.39. The Morgan fingerprint density at radius 3 is 2.24 bits per heavy atom. The number of carboxylic acids is 2. The Morgan fingerprint density at radius 1 is 0.833 bits per heavy atom. The van der Waals surface area contributed by atoms with Gasteiger partial charge < -0.3 is 64.4 Å². The van der Waals surface area contributed by atoms with Crippen molar-refractivity contribution in [1.29, 1.82) is 0 Å². The van der Waals surface area contributed by atoms with E-state index in [1.807, 2.05) is 58.1 Å². The van der Waals surface area contributed by atoms with E-state index in [1.54, 1.807) is 41.1 Å². The first-order chi connectivity index (χ1) is 42.7. The van der Waals surface area contributed by atoms with E-state index in [9.17, 15) is 53.1 Å². The maximum Gasteiger partial charge on any atom is 0.329 e. The maximum atomic E-state index is 14.7. The van der Waals surface area contributed by atoms with Crippen molar-refractivity contribution in [3.8, 4) is 0 Å². The van der Waals surface area contributed by atoms with Gasteiger partial charge in [-0.3, -0.25) is 43.2 Å². The molecule has 0 radical (unpaired) electrons. The number of aliphatic carboxylic acids is 2. The molecule has 2 bridgehead atoms. The van der Waals surface area contributed by atoms with Crippen LogP contribution in [0.3, 0.4) is 0 Å². The van der Waals surface area contributed by atoms with Crippen LogP contribution in [0.15, 0.2) is 47.6 Å². The van der Waals surface area contributed by atoms with Crippen molar-refractivity contribution in [1.82, 2.24) is 10.2 Å². The number of allylic oxidation sites excluding steroid dienone is 6. The Hall–Kier alpha value is -5.47. The molecule has 2 saturated heterocycles. The number of amides is 2. The van der Waals surface area contributed by atoms with Crippen LogP contribution in [-0.2, 0) is 81.1 Å². The topological polar surface area (TPSA) is 337 Å². The second-order valence-electron chi connectivity index (χ2n) is 25.0. The molecule has 4 rings (SSSR count). The van der Waals surface area contributed by atoms with Crippen LogP contribution in [-0.4, -0.2) is 199 Å². The summed E-state index contributed by atoms with van der Waals surface area (Å²) in [5.41, 5.74) is 6.77. The van der Waals surface area contributed by atoms with E-state index < -0.39 is 114 Å². The van der Waals surface area contributed by atoms with Gasteiger partial charge in [-0.05, 0) is 119 Å². The molecule has 1 aliphatic carbocycles. The van der Waals surface area contributed by atoms with E-state index >= 15 is 0 Å². The zero-order valence-electron chi connectivity index (χ0n) is 54.3. The van der Waals surface area contributed by atoms with Crippen molar-refractivity contribution in [2.75, 3.05) is 52.6 Å². The maximum absolute atomic E-state index is 14.7. The summed E-state index contributed by atoms with van der Waals surface area (Å²) in [6.07, 6.45) is 9.49. The number of fused-ring (bicyclic) bond motifs is 3. The number of cyclic esters (lactones) is 1. The number of aliphatic hydroxyl groups is 1. The number of methoxy groups -OCH3 is 3. The molecule has 90 heavy (non-hydrogen) atoms. The SMILES string of the molecule is CO[C@H]1C[C@H]2CC[C@@H](C)[C@@H](O2)C(=O)C(=O)N2CCCC[C@H]2C(=O)OC([C@H](C)C[C@@H]2CC[C@@H](OCCOC(=O)CSC[C@H](NC(=O)CC[C@H](N)C(=O)O)C(=O)CCC(=O)O)[C@H](OC)C2)CC(=O)[C@H](C)/C=C(\C)[C@@H](O)[C@@H](OC)C(=O)[C@H](C)C[C@@H](C)\C=C/C=C/C=C/1C. The largest absolute Gasteiger partial charge is 0.481 e. The van der Waals surface area contributed by atoms with Gasteiger partial charge >= 0.3 is 23.9 Å². The summed E-state index contributed by atoms with van der Waals surface area (Å²) >= 11 is 0.986. The molecule has 1 unspecified atom stereocenters. The number of piperidine rings is 1. The number of nitrogens with one attached hydrogen (secondary N) is 1. The predicted molar refractivity (Wildman–Crippen MR) is 335 cm³/mol. The lowest BCUT2D eigenvalue weighted by molar-refractivity contribution is -0.170. The number of nitrogens with zero attached hydrogens (tertiary/aromatic N) is 1. The number of aliphatic hydroxyl groups excluding tert-OH is 1. The third kappa shape index (κ3) is 24.9. The Morgan fingerprint density at radius 2 is 1.57 bits per heavy atom. The Kier molecular flexibility index (Phi) is 33.5. The molecule has 1 saturated carbocycles. The van der Waals surface area contributed by atoms with Gasteiger partial charge in [0.25, 0.3) is 5.91 Å². The highest BCUT2D eigenvalue weighted by Crippen LogP contribution is 2.36. The molecule has 2 amide bonds. The van der Waals surface area contributed by atoms with Crippen LogP contribution in [0.4, 0.5) is 0 Å². The van der Waals surface area contributed by atoms with Crippen molar-refractivity contribution in [3.05, 3.63) is 47.6 Å². The first-order valence-corrected chi connectivity index (χ1v) is 33.0. The second kappa shape index (κ2) is 39.2. The van der Waals surface area contributed by atoms with Crippen LogP contribution in [0.2, 0.25) is 0 Å². The van der Waals surface area contributed by atoms with E-state index in [0.717, 1.165) is 17.3 Å². The molecule has 4 aliphatic rings. The highest BCUT2D eigenvalue weighted by Gasteiger charge is 2.44. The molecule has 3 fully saturated rings. The number of carbonyl (C=O) groups is 10. The highest BCUT2D eigenvalue weighted by atomic mass is 32.2. The Labute approximate surface area is 534 Å². The van der Waals surface area contributed by atoms with Crippen LogP contribution >= 0.6 is 11.8 Å². The molecule has 6 N–H and O–H groups in total. The van der Waals surface area contributed by atoms with E-state index in [2.05, 4.69) is 5.32 Å². The number of nitrogens with two attached hydrogens (primary N) is 1. The quantitative estimate of drug-likeness (QED) is 0.0325. The fourth-order valence-corrected chi connectivity index (χ4v) is 13.1. The molecule has 0 spiro atoms. The number of ether oxygens (including phenoxy) is 7. The van der Waals surface area contributed by atoms with Gasteiger partial charge in [0.2, 0.25) is 11.7 Å². The van der Waals surface area contributed by atoms with Gasteiger partial charge in [0.15, 0.2) is 11.6 Å². The number of ketones is 4. The van der Waals surface area contributed by atoms with Crippen LogP contribution in [0.1, 0.15) is 151 Å². The Bertz CT molecular complexity index is 2550. The highest BCUT2D eigenvalue weighted by molar-refractivity contribution is 8.00. The van der Waals surface area contributed by atoms with Gasteiger partial charge in [-0.25, -0.2) is 4.79 Å². The van der Waals surface area contributed by atoms with Gasteiger partial charge in [0, 0.05) is 71.1 Å². The van der Waals surface area contributed by atoms with Gasteiger partial charge in [0.1, 0.15) is 48.9 Å². The average molecular weight is 1290 g/mol. The van der Waals surface area contributed by atoms with Crippen LogP contribution in [0, 0.1) is 35.5 Å². The summed E-state index contributed by atoms with van der Waals surface area (Å²) in [6.45, 7) is 12.9. The zero-order chi connectivity index (χ0) is 66.8. The minimum absolute atomic E-state index is 0.00202. The average Bonchev–Trinajstić information content (AvgIpc) is 1.13. The first-order valence-electron chi connectivity index (χ1n) is 31.8.